The molecule has 5 N–H and O–H groups in total. The first kappa shape index (κ1) is 11.5. The van der Waals surface area contributed by atoms with Crippen molar-refractivity contribution in [3.8, 4) is 0 Å². The Balaban J connectivity index is 2.28. The van der Waals surface area contributed by atoms with Crippen molar-refractivity contribution >= 4 is 34.4 Å². The van der Waals surface area contributed by atoms with Crippen molar-refractivity contribution < 1.29 is 4.39 Å². The topological polar surface area (TPSA) is 64.1 Å². The van der Waals surface area contributed by atoms with E-state index >= 15 is 0 Å². The second-order valence-electron chi connectivity index (χ2n) is 3.60. The summed E-state index contributed by atoms with van der Waals surface area (Å²) in [4.78, 5) is 0. The third kappa shape index (κ3) is 2.60. The molecule has 0 fully saturated rings. The fourth-order valence-electron chi connectivity index (χ4n) is 1.42. The van der Waals surface area contributed by atoms with Gasteiger partial charge < -0.3 is 16.8 Å². The molecule has 88 valence electrons. The number of nitrogens with two attached hydrogens (primary N) is 2. The summed E-state index contributed by atoms with van der Waals surface area (Å²) in [5.41, 5.74) is 13.8. The molecular formula is C12H11ClFN3. The number of benzene rings is 2. The van der Waals surface area contributed by atoms with Gasteiger partial charge >= 0.3 is 0 Å². The summed E-state index contributed by atoms with van der Waals surface area (Å²) in [6, 6.07) is 9.49. The molecule has 2 rings (SSSR count). The third-order valence-electron chi connectivity index (χ3n) is 2.27. The number of halogens is 2. The van der Waals surface area contributed by atoms with Gasteiger partial charge in [0.05, 0.1) is 16.4 Å². The maximum atomic E-state index is 13.0. The van der Waals surface area contributed by atoms with E-state index < -0.39 is 5.82 Å². The minimum absolute atomic E-state index is 0.0593. The van der Waals surface area contributed by atoms with Gasteiger partial charge in [-0.15, -0.1) is 0 Å². The molecule has 0 aliphatic rings. The lowest BCUT2D eigenvalue weighted by Crippen LogP contribution is -1.97. The number of nitrogens with one attached hydrogen (secondary N) is 1. The maximum absolute atomic E-state index is 13.0. The highest BCUT2D eigenvalue weighted by atomic mass is 35.5. The first-order chi connectivity index (χ1) is 8.06. The minimum Gasteiger partial charge on any atom is -0.399 e. The van der Waals surface area contributed by atoms with Crippen LogP contribution in [0, 0.1) is 5.82 Å². The van der Waals surface area contributed by atoms with E-state index in [0.717, 1.165) is 0 Å². The average Bonchev–Trinajstić information content (AvgIpc) is 2.27. The van der Waals surface area contributed by atoms with E-state index in [2.05, 4.69) is 5.32 Å². The molecule has 0 saturated carbocycles. The summed E-state index contributed by atoms with van der Waals surface area (Å²) in [6.45, 7) is 0. The van der Waals surface area contributed by atoms with Crippen LogP contribution in [0.2, 0.25) is 5.02 Å². The van der Waals surface area contributed by atoms with Gasteiger partial charge in [-0.05, 0) is 36.4 Å². The second-order valence-corrected chi connectivity index (χ2v) is 4.01. The molecule has 0 aromatic heterocycles. The molecule has 0 unspecified atom stereocenters. The molecule has 2 aromatic rings. The Morgan fingerprint density at radius 2 is 1.82 bits per heavy atom. The van der Waals surface area contributed by atoms with E-state index in [-0.39, 0.29) is 5.02 Å². The summed E-state index contributed by atoms with van der Waals surface area (Å²) >= 11 is 5.68. The third-order valence-corrected chi connectivity index (χ3v) is 2.56. The Morgan fingerprint density at radius 1 is 1.06 bits per heavy atom. The number of rotatable bonds is 2. The zero-order valence-corrected chi connectivity index (χ0v) is 9.63. The van der Waals surface area contributed by atoms with E-state index in [9.17, 15) is 4.39 Å². The lowest BCUT2D eigenvalue weighted by atomic mass is 10.2. The van der Waals surface area contributed by atoms with Crippen molar-refractivity contribution in [3.05, 3.63) is 47.2 Å². The quantitative estimate of drug-likeness (QED) is 0.717. The van der Waals surface area contributed by atoms with Crippen molar-refractivity contribution in [2.24, 2.45) is 0 Å². The lowest BCUT2D eigenvalue weighted by molar-refractivity contribution is 0.628. The van der Waals surface area contributed by atoms with Gasteiger partial charge in [0.2, 0.25) is 0 Å². The monoisotopic (exact) mass is 251 g/mol. The normalized spacial score (nSPS) is 10.2. The number of nitrogen functional groups attached to an aromatic ring is 2. The molecule has 0 amide bonds. The van der Waals surface area contributed by atoms with Gasteiger partial charge in [-0.2, -0.15) is 0 Å². The van der Waals surface area contributed by atoms with Crippen LogP contribution in [0.5, 0.6) is 0 Å². The first-order valence-corrected chi connectivity index (χ1v) is 5.31. The summed E-state index contributed by atoms with van der Waals surface area (Å²) in [7, 11) is 0. The summed E-state index contributed by atoms with van der Waals surface area (Å²) in [5.74, 6) is -0.456. The fraction of sp³-hybridized carbons (Fsp3) is 0. The molecule has 3 nitrogen and oxygen atoms in total. The highest BCUT2D eigenvalue weighted by Crippen LogP contribution is 2.27. The van der Waals surface area contributed by atoms with Gasteiger partial charge in [0.25, 0.3) is 0 Å². The maximum Gasteiger partial charge on any atom is 0.141 e. The summed E-state index contributed by atoms with van der Waals surface area (Å²) in [5, 5.41) is 3.10. The molecule has 0 aliphatic carbocycles. The van der Waals surface area contributed by atoms with E-state index in [0.29, 0.717) is 22.7 Å². The Morgan fingerprint density at radius 3 is 2.47 bits per heavy atom. The zero-order chi connectivity index (χ0) is 12.4. The van der Waals surface area contributed by atoms with Crippen LogP contribution in [0.25, 0.3) is 0 Å². The molecule has 17 heavy (non-hydrogen) atoms. The van der Waals surface area contributed by atoms with E-state index in [1.807, 2.05) is 0 Å². The molecule has 0 spiro atoms. The van der Waals surface area contributed by atoms with Crippen molar-refractivity contribution in [1.29, 1.82) is 0 Å². The first-order valence-electron chi connectivity index (χ1n) is 4.93. The van der Waals surface area contributed by atoms with Crippen LogP contribution in [0.4, 0.5) is 27.1 Å². The Hall–Kier alpha value is -1.94. The zero-order valence-electron chi connectivity index (χ0n) is 8.87. The Bertz CT molecular complexity index is 557. The van der Waals surface area contributed by atoms with Gasteiger partial charge in [0, 0.05) is 11.4 Å². The van der Waals surface area contributed by atoms with Crippen molar-refractivity contribution in [1.82, 2.24) is 0 Å². The van der Waals surface area contributed by atoms with Crippen LogP contribution in [-0.4, -0.2) is 0 Å². The minimum atomic E-state index is -0.456. The average molecular weight is 252 g/mol. The van der Waals surface area contributed by atoms with E-state index in [1.54, 1.807) is 24.3 Å². The van der Waals surface area contributed by atoms with Crippen LogP contribution >= 0.6 is 11.6 Å². The highest BCUT2D eigenvalue weighted by molar-refractivity contribution is 6.31. The van der Waals surface area contributed by atoms with Crippen molar-refractivity contribution in [3.63, 3.8) is 0 Å². The predicted octanol–water partition coefficient (Wildman–Crippen LogP) is 3.39. The predicted molar refractivity (Wildman–Crippen MR) is 70.0 cm³/mol. The molecular weight excluding hydrogens is 241 g/mol. The Labute approximate surface area is 103 Å². The number of anilines is 4. The fourth-order valence-corrected chi connectivity index (χ4v) is 1.60. The number of hydrogen-bond donors (Lipinski definition) is 3. The Kier molecular flexibility index (Phi) is 3.06. The van der Waals surface area contributed by atoms with Crippen LogP contribution in [0.3, 0.4) is 0 Å². The molecule has 0 saturated heterocycles. The van der Waals surface area contributed by atoms with E-state index in [1.165, 1.54) is 12.1 Å². The van der Waals surface area contributed by atoms with Crippen LogP contribution in [0.15, 0.2) is 36.4 Å². The van der Waals surface area contributed by atoms with Crippen LogP contribution < -0.4 is 16.8 Å². The molecule has 0 bridgehead atoms. The molecule has 0 atom stereocenters. The molecule has 0 radical (unpaired) electrons. The van der Waals surface area contributed by atoms with Crippen LogP contribution in [0.1, 0.15) is 0 Å². The lowest BCUT2D eigenvalue weighted by Gasteiger charge is -2.10. The second kappa shape index (κ2) is 4.51. The summed E-state index contributed by atoms with van der Waals surface area (Å²) in [6.07, 6.45) is 0. The molecule has 0 aliphatic heterocycles. The van der Waals surface area contributed by atoms with Gasteiger partial charge in [0.1, 0.15) is 5.82 Å². The van der Waals surface area contributed by atoms with Gasteiger partial charge in [-0.3, -0.25) is 0 Å². The SMILES string of the molecule is Nc1ccc(Nc2ccc(F)c(Cl)c2)c(N)c1. The number of hydrogen-bond acceptors (Lipinski definition) is 3. The largest absolute Gasteiger partial charge is 0.399 e. The highest BCUT2D eigenvalue weighted by Gasteiger charge is 2.03. The van der Waals surface area contributed by atoms with Crippen molar-refractivity contribution in [2.75, 3.05) is 16.8 Å². The van der Waals surface area contributed by atoms with Gasteiger partial charge in [-0.25, -0.2) is 4.39 Å². The standard InChI is InChI=1S/C12H11ClFN3/c13-9-6-8(2-3-10(9)14)17-12-4-1-7(15)5-11(12)16/h1-6,17H,15-16H2. The van der Waals surface area contributed by atoms with Gasteiger partial charge in [0.15, 0.2) is 0 Å². The van der Waals surface area contributed by atoms with Crippen LogP contribution in [-0.2, 0) is 0 Å². The van der Waals surface area contributed by atoms with Crippen molar-refractivity contribution in [2.45, 2.75) is 0 Å². The van der Waals surface area contributed by atoms with E-state index in [4.69, 9.17) is 23.1 Å². The molecule has 0 heterocycles. The van der Waals surface area contributed by atoms with Gasteiger partial charge in [-0.1, -0.05) is 11.6 Å². The smallest absolute Gasteiger partial charge is 0.141 e. The summed E-state index contributed by atoms with van der Waals surface area (Å²) < 4.78 is 13.0. The molecule has 5 heteroatoms. The molecule has 2 aromatic carbocycles.